The van der Waals surface area contributed by atoms with Gasteiger partial charge in [0.05, 0.1) is 12.7 Å². The SMILES string of the molecule is COc1ccccc1OB(OC(=O)C(F)(F)F)Oc1ccccc1C#Cc1ccccc1. The fourth-order valence-corrected chi connectivity index (χ4v) is 2.48. The zero-order valence-electron chi connectivity index (χ0n) is 16.8. The van der Waals surface area contributed by atoms with Gasteiger partial charge in [-0.3, -0.25) is 0 Å². The molecule has 0 saturated heterocycles. The maximum absolute atomic E-state index is 12.8. The molecule has 162 valence electrons. The second kappa shape index (κ2) is 10.3. The Labute approximate surface area is 182 Å². The standard InChI is InChI=1S/C23H16BF3O5/c1-29-20-13-7-8-14-21(20)31-24(32-22(28)23(25,26)27)30-19-12-6-5-11-18(19)16-15-17-9-3-2-4-10-17/h2-14H,1H3. The van der Waals surface area contributed by atoms with E-state index >= 15 is 0 Å². The Morgan fingerprint density at radius 1 is 0.781 bits per heavy atom. The van der Waals surface area contributed by atoms with Gasteiger partial charge in [0.1, 0.15) is 11.5 Å². The number of ether oxygens (including phenoxy) is 1. The average molecular weight is 440 g/mol. The summed E-state index contributed by atoms with van der Waals surface area (Å²) < 4.78 is 58.8. The Kier molecular flexibility index (Phi) is 7.29. The van der Waals surface area contributed by atoms with Crippen LogP contribution in [0.15, 0.2) is 78.9 Å². The molecule has 0 spiro atoms. The van der Waals surface area contributed by atoms with Crippen LogP contribution in [0.25, 0.3) is 0 Å². The summed E-state index contributed by atoms with van der Waals surface area (Å²) in [5.74, 6) is 3.64. The number of para-hydroxylation sites is 3. The first-order valence-electron chi connectivity index (χ1n) is 9.27. The lowest BCUT2D eigenvalue weighted by atomic mass is 10.1. The van der Waals surface area contributed by atoms with Gasteiger partial charge in [-0.1, -0.05) is 54.3 Å². The molecule has 3 aromatic carbocycles. The first-order chi connectivity index (χ1) is 15.4. The Balaban J connectivity index is 1.89. The quantitative estimate of drug-likeness (QED) is 0.413. The van der Waals surface area contributed by atoms with Gasteiger partial charge < -0.3 is 18.7 Å². The van der Waals surface area contributed by atoms with Crippen molar-refractivity contribution in [1.29, 1.82) is 0 Å². The van der Waals surface area contributed by atoms with Crippen LogP contribution in [-0.2, 0) is 9.45 Å². The molecule has 3 rings (SSSR count). The summed E-state index contributed by atoms with van der Waals surface area (Å²) in [6.07, 6.45) is -5.24. The van der Waals surface area contributed by atoms with Crippen LogP contribution in [-0.4, -0.2) is 26.6 Å². The molecule has 0 atom stereocenters. The van der Waals surface area contributed by atoms with Crippen molar-refractivity contribution in [2.45, 2.75) is 6.18 Å². The van der Waals surface area contributed by atoms with Gasteiger partial charge in [-0.15, -0.1) is 0 Å². The average Bonchev–Trinajstić information content (AvgIpc) is 2.79. The highest BCUT2D eigenvalue weighted by Gasteiger charge is 2.46. The summed E-state index contributed by atoms with van der Waals surface area (Å²) in [5.41, 5.74) is 1.08. The van der Waals surface area contributed by atoms with Crippen molar-refractivity contribution in [3.05, 3.63) is 90.0 Å². The lowest BCUT2D eigenvalue weighted by Gasteiger charge is -2.18. The second-order valence-electron chi connectivity index (χ2n) is 6.19. The number of carbonyl (C=O) groups is 1. The number of halogens is 3. The molecule has 0 amide bonds. The molecule has 0 N–H and O–H groups in total. The number of hydrogen-bond donors (Lipinski definition) is 0. The summed E-state index contributed by atoms with van der Waals surface area (Å²) in [5, 5.41) is 0. The molecule has 0 radical (unpaired) electrons. The fourth-order valence-electron chi connectivity index (χ4n) is 2.48. The molecule has 0 heterocycles. The predicted octanol–water partition coefficient (Wildman–Crippen LogP) is 4.64. The summed E-state index contributed by atoms with van der Waals surface area (Å²) >= 11 is 0. The minimum Gasteiger partial charge on any atom is -0.493 e. The number of rotatable bonds is 6. The van der Waals surface area contributed by atoms with Crippen LogP contribution in [0.5, 0.6) is 17.2 Å². The van der Waals surface area contributed by atoms with Crippen molar-refractivity contribution in [3.63, 3.8) is 0 Å². The van der Waals surface area contributed by atoms with Crippen LogP contribution in [0.4, 0.5) is 13.2 Å². The van der Waals surface area contributed by atoms with E-state index in [1.54, 1.807) is 42.5 Å². The maximum Gasteiger partial charge on any atom is 0.866 e. The van der Waals surface area contributed by atoms with E-state index in [4.69, 9.17) is 14.0 Å². The van der Waals surface area contributed by atoms with Crippen molar-refractivity contribution in [2.75, 3.05) is 7.11 Å². The normalized spacial score (nSPS) is 10.4. The molecule has 0 aromatic heterocycles. The van der Waals surface area contributed by atoms with Crippen molar-refractivity contribution >= 4 is 13.3 Å². The van der Waals surface area contributed by atoms with Crippen molar-refractivity contribution < 1.29 is 36.7 Å². The van der Waals surface area contributed by atoms with Crippen LogP contribution < -0.4 is 14.0 Å². The Hall–Kier alpha value is -4.06. The van der Waals surface area contributed by atoms with Crippen LogP contribution in [0.2, 0.25) is 0 Å². The van der Waals surface area contributed by atoms with Crippen LogP contribution >= 0.6 is 0 Å². The summed E-state index contributed by atoms with van der Waals surface area (Å²) in [6.45, 7) is 0. The van der Waals surface area contributed by atoms with E-state index in [2.05, 4.69) is 16.5 Å². The van der Waals surface area contributed by atoms with E-state index in [0.717, 1.165) is 5.56 Å². The lowest BCUT2D eigenvalue weighted by Crippen LogP contribution is -2.40. The fraction of sp³-hybridized carbons (Fsp3) is 0.0870. The second-order valence-corrected chi connectivity index (χ2v) is 6.19. The summed E-state index contributed by atoms with van der Waals surface area (Å²) in [4.78, 5) is 11.4. The molecule has 32 heavy (non-hydrogen) atoms. The Morgan fingerprint density at radius 3 is 2.00 bits per heavy atom. The third-order valence-corrected chi connectivity index (χ3v) is 3.95. The number of benzene rings is 3. The van der Waals surface area contributed by atoms with Gasteiger partial charge in [0.15, 0.2) is 5.75 Å². The van der Waals surface area contributed by atoms with Gasteiger partial charge in [0.2, 0.25) is 0 Å². The van der Waals surface area contributed by atoms with E-state index in [-0.39, 0.29) is 17.2 Å². The molecule has 0 aliphatic carbocycles. The highest BCUT2D eigenvalue weighted by molar-refractivity contribution is 6.41. The van der Waals surface area contributed by atoms with E-state index in [9.17, 15) is 18.0 Å². The molecule has 0 saturated carbocycles. The Morgan fingerprint density at radius 2 is 1.34 bits per heavy atom. The maximum atomic E-state index is 12.8. The van der Waals surface area contributed by atoms with Gasteiger partial charge >= 0.3 is 19.5 Å². The number of hydrogen-bond acceptors (Lipinski definition) is 5. The van der Waals surface area contributed by atoms with E-state index in [1.807, 2.05) is 18.2 Å². The van der Waals surface area contributed by atoms with Crippen LogP contribution in [0, 0.1) is 11.8 Å². The van der Waals surface area contributed by atoms with Gasteiger partial charge in [0, 0.05) is 5.56 Å². The molecule has 9 heteroatoms. The molecular weight excluding hydrogens is 424 g/mol. The van der Waals surface area contributed by atoms with E-state index in [1.165, 1.54) is 25.3 Å². The smallest absolute Gasteiger partial charge is 0.493 e. The van der Waals surface area contributed by atoms with Crippen LogP contribution in [0.3, 0.4) is 0 Å². The first kappa shape index (κ1) is 22.6. The zero-order valence-corrected chi connectivity index (χ0v) is 16.8. The Bertz CT molecular complexity index is 1120. The monoisotopic (exact) mass is 440 g/mol. The molecule has 5 nitrogen and oxygen atoms in total. The molecule has 0 bridgehead atoms. The third-order valence-electron chi connectivity index (χ3n) is 3.95. The lowest BCUT2D eigenvalue weighted by molar-refractivity contribution is -0.192. The summed E-state index contributed by atoms with van der Waals surface area (Å²) in [7, 11) is -0.700. The first-order valence-corrected chi connectivity index (χ1v) is 9.27. The van der Waals surface area contributed by atoms with Gasteiger partial charge in [-0.25, -0.2) is 4.79 Å². The van der Waals surface area contributed by atoms with E-state index in [0.29, 0.717) is 5.56 Å². The molecular formula is C23H16BF3O5. The molecule has 3 aromatic rings. The van der Waals surface area contributed by atoms with Gasteiger partial charge in [0.25, 0.3) is 0 Å². The van der Waals surface area contributed by atoms with Gasteiger partial charge in [-0.2, -0.15) is 13.2 Å². The van der Waals surface area contributed by atoms with Crippen molar-refractivity contribution in [1.82, 2.24) is 0 Å². The molecule has 0 aliphatic heterocycles. The highest BCUT2D eigenvalue weighted by atomic mass is 19.4. The minimum absolute atomic E-state index is 0.0165. The van der Waals surface area contributed by atoms with Gasteiger partial charge in [-0.05, 0) is 36.4 Å². The van der Waals surface area contributed by atoms with E-state index < -0.39 is 19.5 Å². The van der Waals surface area contributed by atoms with Crippen molar-refractivity contribution in [3.8, 4) is 29.1 Å². The predicted molar refractivity (Wildman–Crippen MR) is 111 cm³/mol. The number of carbonyl (C=O) groups excluding carboxylic acids is 1. The topological polar surface area (TPSA) is 54.0 Å². The minimum atomic E-state index is -5.24. The highest BCUT2D eigenvalue weighted by Crippen LogP contribution is 2.28. The van der Waals surface area contributed by atoms with Crippen molar-refractivity contribution in [2.24, 2.45) is 0 Å². The van der Waals surface area contributed by atoms with Crippen LogP contribution in [0.1, 0.15) is 11.1 Å². The third kappa shape index (κ3) is 6.22. The molecule has 0 aliphatic rings. The summed E-state index contributed by atoms with van der Waals surface area (Å²) in [6, 6.07) is 21.6. The molecule has 0 fully saturated rings. The number of alkyl halides is 3. The largest absolute Gasteiger partial charge is 0.866 e. The molecule has 0 unspecified atom stereocenters. The number of methoxy groups -OCH3 is 1. The zero-order chi connectivity index (χ0) is 23.0.